The first kappa shape index (κ1) is 18.5. The van der Waals surface area contributed by atoms with Crippen molar-refractivity contribution in [2.75, 3.05) is 20.2 Å². The zero-order chi connectivity index (χ0) is 18.4. The van der Waals surface area contributed by atoms with E-state index in [1.165, 1.54) is 0 Å². The summed E-state index contributed by atoms with van der Waals surface area (Å²) in [4.78, 5) is 14.4. The number of amides is 1. The van der Waals surface area contributed by atoms with Crippen molar-refractivity contribution in [2.45, 2.75) is 31.8 Å². The number of ether oxygens (including phenoxy) is 2. The van der Waals surface area contributed by atoms with Crippen molar-refractivity contribution in [1.82, 2.24) is 15.1 Å². The first-order chi connectivity index (χ1) is 12.6. The van der Waals surface area contributed by atoms with Gasteiger partial charge >= 0.3 is 0 Å². The van der Waals surface area contributed by atoms with Crippen LogP contribution in [0.25, 0.3) is 0 Å². The van der Waals surface area contributed by atoms with E-state index in [9.17, 15) is 4.79 Å². The Kier molecular flexibility index (Phi) is 6.28. The number of aryl methyl sites for hydroxylation is 1. The number of hydrogen-bond donors (Lipinski definition) is 0. The van der Waals surface area contributed by atoms with Crippen LogP contribution in [-0.4, -0.2) is 47.3 Å². The third-order valence-electron chi connectivity index (χ3n) is 4.36. The molecule has 0 radical (unpaired) electrons. The summed E-state index contributed by atoms with van der Waals surface area (Å²) in [5, 5.41) is 8.58. The molecule has 1 saturated heterocycles. The van der Waals surface area contributed by atoms with Crippen molar-refractivity contribution in [3.05, 3.63) is 47.0 Å². The highest BCUT2D eigenvalue weighted by Crippen LogP contribution is 2.19. The zero-order valence-electron chi connectivity index (χ0n) is 14.7. The van der Waals surface area contributed by atoms with Crippen molar-refractivity contribution in [1.29, 1.82) is 0 Å². The summed E-state index contributed by atoms with van der Waals surface area (Å²) in [5.74, 6) is 1.03. The second-order valence-corrected chi connectivity index (χ2v) is 6.70. The largest absolute Gasteiger partial charge is 0.480 e. The first-order valence-corrected chi connectivity index (χ1v) is 9.08. The van der Waals surface area contributed by atoms with Crippen LogP contribution < -0.4 is 9.47 Å². The molecule has 1 amide bonds. The Hall–Kier alpha value is -2.34. The molecule has 138 valence electrons. The number of rotatable bonds is 6. The van der Waals surface area contributed by atoms with Gasteiger partial charge in [-0.05, 0) is 37.0 Å². The number of piperidine rings is 1. The summed E-state index contributed by atoms with van der Waals surface area (Å²) >= 11 is 5.99. The minimum atomic E-state index is -0.0680. The lowest BCUT2D eigenvalue weighted by Gasteiger charge is -2.32. The van der Waals surface area contributed by atoms with Gasteiger partial charge in [-0.2, -0.15) is 0 Å². The highest BCUT2D eigenvalue weighted by Gasteiger charge is 2.25. The summed E-state index contributed by atoms with van der Waals surface area (Å²) in [5.41, 5.74) is 1.07. The number of likely N-dealkylation sites (tertiary alicyclic amines) is 1. The Morgan fingerprint density at radius 2 is 2.08 bits per heavy atom. The molecule has 0 N–H and O–H groups in total. The van der Waals surface area contributed by atoms with Gasteiger partial charge < -0.3 is 14.4 Å². The molecular weight excluding hydrogens is 354 g/mol. The van der Waals surface area contributed by atoms with Crippen LogP contribution in [0.2, 0.25) is 5.02 Å². The van der Waals surface area contributed by atoms with Crippen molar-refractivity contribution in [2.24, 2.45) is 0 Å². The molecule has 2 aromatic rings. The number of carbonyl (C=O) groups is 1. The Labute approximate surface area is 158 Å². The molecule has 1 aliphatic heterocycles. The highest BCUT2D eigenvalue weighted by atomic mass is 35.5. The van der Waals surface area contributed by atoms with Crippen LogP contribution >= 0.6 is 11.6 Å². The molecule has 26 heavy (non-hydrogen) atoms. The smallest absolute Gasteiger partial charge is 0.233 e. The molecule has 0 saturated carbocycles. The van der Waals surface area contributed by atoms with E-state index in [0.717, 1.165) is 24.9 Å². The third-order valence-corrected chi connectivity index (χ3v) is 4.59. The summed E-state index contributed by atoms with van der Waals surface area (Å²) in [6.07, 6.45) is 2.89. The standard InChI is InChI=1S/C19H22ClN3O3/c1-25-17-8-9-18(22-21-17)26-16-6-3-11-23(13-16)19(24)10-7-14-4-2-5-15(20)12-14/h2,4-5,8-9,12,16H,3,6-7,10-11,13H2,1H3. The Bertz CT molecular complexity index is 739. The molecule has 6 nitrogen and oxygen atoms in total. The lowest BCUT2D eigenvalue weighted by atomic mass is 10.1. The lowest BCUT2D eigenvalue weighted by Crippen LogP contribution is -2.44. The van der Waals surface area contributed by atoms with Gasteiger partial charge in [-0.1, -0.05) is 23.7 Å². The van der Waals surface area contributed by atoms with Crippen LogP contribution in [0.5, 0.6) is 11.8 Å². The summed E-state index contributed by atoms with van der Waals surface area (Å²) in [6.45, 7) is 1.34. The van der Waals surface area contributed by atoms with Gasteiger partial charge in [0.2, 0.25) is 17.7 Å². The van der Waals surface area contributed by atoms with E-state index in [0.29, 0.717) is 36.2 Å². The van der Waals surface area contributed by atoms with Gasteiger partial charge in [0.15, 0.2) is 0 Å². The molecule has 1 aromatic carbocycles. The maximum absolute atomic E-state index is 12.5. The van der Waals surface area contributed by atoms with Gasteiger partial charge in [0.1, 0.15) is 6.10 Å². The summed E-state index contributed by atoms with van der Waals surface area (Å²) in [7, 11) is 1.54. The van der Waals surface area contributed by atoms with Crippen LogP contribution in [0.15, 0.2) is 36.4 Å². The summed E-state index contributed by atoms with van der Waals surface area (Å²) < 4.78 is 10.9. The number of halogens is 1. The Balaban J connectivity index is 1.51. The minimum Gasteiger partial charge on any atom is -0.480 e. The molecule has 0 aliphatic carbocycles. The number of benzene rings is 1. The minimum absolute atomic E-state index is 0.0680. The van der Waals surface area contributed by atoms with E-state index >= 15 is 0 Å². The van der Waals surface area contributed by atoms with Crippen molar-refractivity contribution in [3.8, 4) is 11.8 Å². The molecule has 3 rings (SSSR count). The second-order valence-electron chi connectivity index (χ2n) is 6.27. The predicted molar refractivity (Wildman–Crippen MR) is 98.6 cm³/mol. The van der Waals surface area contributed by atoms with E-state index in [1.807, 2.05) is 29.2 Å². The van der Waals surface area contributed by atoms with Gasteiger partial charge in [-0.3, -0.25) is 4.79 Å². The second kappa shape index (κ2) is 8.85. The lowest BCUT2D eigenvalue weighted by molar-refractivity contribution is -0.133. The molecular formula is C19H22ClN3O3. The van der Waals surface area contributed by atoms with Gasteiger partial charge in [-0.25, -0.2) is 0 Å². The molecule has 0 spiro atoms. The van der Waals surface area contributed by atoms with Crippen LogP contribution in [0.1, 0.15) is 24.8 Å². The monoisotopic (exact) mass is 375 g/mol. The van der Waals surface area contributed by atoms with Gasteiger partial charge in [-0.15, -0.1) is 10.2 Å². The third kappa shape index (κ3) is 5.08. The van der Waals surface area contributed by atoms with Gasteiger partial charge in [0, 0.05) is 30.1 Å². The van der Waals surface area contributed by atoms with Crippen LogP contribution in [0.3, 0.4) is 0 Å². The SMILES string of the molecule is COc1ccc(OC2CCCN(C(=O)CCc3cccc(Cl)c3)C2)nn1. The van der Waals surface area contributed by atoms with Gasteiger partial charge in [0.05, 0.1) is 13.7 Å². The average molecular weight is 376 g/mol. The number of hydrogen-bond acceptors (Lipinski definition) is 5. The zero-order valence-corrected chi connectivity index (χ0v) is 15.5. The molecule has 1 aromatic heterocycles. The fraction of sp³-hybridized carbons (Fsp3) is 0.421. The molecule has 1 aliphatic rings. The molecule has 2 heterocycles. The van der Waals surface area contributed by atoms with Crippen molar-refractivity contribution < 1.29 is 14.3 Å². The van der Waals surface area contributed by atoms with Crippen molar-refractivity contribution >= 4 is 17.5 Å². The van der Waals surface area contributed by atoms with Crippen LogP contribution in [0.4, 0.5) is 0 Å². The van der Waals surface area contributed by atoms with E-state index < -0.39 is 0 Å². The van der Waals surface area contributed by atoms with E-state index in [4.69, 9.17) is 21.1 Å². The number of methoxy groups -OCH3 is 1. The van der Waals surface area contributed by atoms with E-state index in [1.54, 1.807) is 19.2 Å². The number of nitrogens with zero attached hydrogens (tertiary/aromatic N) is 3. The highest BCUT2D eigenvalue weighted by molar-refractivity contribution is 6.30. The van der Waals surface area contributed by atoms with Crippen molar-refractivity contribution in [3.63, 3.8) is 0 Å². The fourth-order valence-electron chi connectivity index (χ4n) is 3.01. The molecule has 1 unspecified atom stereocenters. The quantitative estimate of drug-likeness (QED) is 0.776. The summed E-state index contributed by atoms with van der Waals surface area (Å²) in [6, 6.07) is 11.1. The number of aromatic nitrogens is 2. The Morgan fingerprint density at radius 3 is 2.81 bits per heavy atom. The molecule has 0 bridgehead atoms. The maximum atomic E-state index is 12.5. The predicted octanol–water partition coefficient (Wildman–Crippen LogP) is 3.14. The normalized spacial score (nSPS) is 17.0. The number of carbonyl (C=O) groups excluding carboxylic acids is 1. The molecule has 1 fully saturated rings. The first-order valence-electron chi connectivity index (χ1n) is 8.70. The molecule has 1 atom stereocenters. The molecule has 7 heteroatoms. The van der Waals surface area contributed by atoms with E-state index in [2.05, 4.69) is 10.2 Å². The topological polar surface area (TPSA) is 64.6 Å². The average Bonchev–Trinajstić information content (AvgIpc) is 2.67. The maximum Gasteiger partial charge on any atom is 0.233 e. The van der Waals surface area contributed by atoms with Crippen LogP contribution in [0, 0.1) is 0 Å². The van der Waals surface area contributed by atoms with Crippen LogP contribution in [-0.2, 0) is 11.2 Å². The van der Waals surface area contributed by atoms with E-state index in [-0.39, 0.29) is 12.0 Å². The fourth-order valence-corrected chi connectivity index (χ4v) is 3.23. The Morgan fingerprint density at radius 1 is 1.27 bits per heavy atom. The van der Waals surface area contributed by atoms with Gasteiger partial charge in [0.25, 0.3) is 0 Å².